The second kappa shape index (κ2) is 12.7. The van der Waals surface area contributed by atoms with Crippen LogP contribution in [0.2, 0.25) is 0 Å². The van der Waals surface area contributed by atoms with Gasteiger partial charge in [0.2, 0.25) is 0 Å². The molecular weight excluding hydrogens is 477 g/mol. The second-order valence-corrected chi connectivity index (χ2v) is 8.26. The van der Waals surface area contributed by atoms with Gasteiger partial charge in [0, 0.05) is 47.9 Å². The minimum atomic E-state index is 0. The van der Waals surface area contributed by atoms with E-state index in [9.17, 15) is 0 Å². The van der Waals surface area contributed by atoms with Crippen LogP contribution in [0.3, 0.4) is 0 Å². The topological polar surface area (TPSA) is 37.4 Å². The number of halogens is 3. The predicted molar refractivity (Wildman–Crippen MR) is 145 cm³/mol. The third kappa shape index (κ3) is 6.35. The predicted octanol–water partition coefficient (Wildman–Crippen LogP) is 6.97. The number of para-hydroxylation sites is 2. The fraction of sp³-hybridized carbons (Fsp3) is 0.269. The van der Waals surface area contributed by atoms with Crippen LogP contribution in [0.4, 0.5) is 11.4 Å². The van der Waals surface area contributed by atoms with E-state index in [1.807, 2.05) is 24.3 Å². The number of rotatable bonds is 11. The molecule has 0 aliphatic heterocycles. The number of benzene rings is 3. The first-order valence-electron chi connectivity index (χ1n) is 10.9. The molecule has 4 aromatic rings. The summed E-state index contributed by atoms with van der Waals surface area (Å²) in [6.45, 7) is 3.01. The zero-order valence-electron chi connectivity index (χ0n) is 18.3. The molecule has 0 unspecified atom stereocenters. The van der Waals surface area contributed by atoms with Crippen LogP contribution in [0.5, 0.6) is 5.75 Å². The van der Waals surface area contributed by atoms with Gasteiger partial charge in [-0.3, -0.25) is 0 Å². The fourth-order valence-corrected chi connectivity index (χ4v) is 4.24. The Balaban J connectivity index is 0.00000306. The maximum atomic E-state index is 5.95. The molecule has 0 amide bonds. The molecular formula is C26H28Cl3N3O. The van der Waals surface area contributed by atoms with Crippen molar-refractivity contribution in [1.29, 1.82) is 0 Å². The van der Waals surface area contributed by atoms with Gasteiger partial charge in [0.25, 0.3) is 0 Å². The summed E-state index contributed by atoms with van der Waals surface area (Å²) in [7, 11) is 0. The number of pyridine rings is 1. The van der Waals surface area contributed by atoms with Gasteiger partial charge in [0.05, 0.1) is 23.3 Å². The molecule has 1 heterocycles. The van der Waals surface area contributed by atoms with Crippen molar-refractivity contribution >= 4 is 68.8 Å². The van der Waals surface area contributed by atoms with Gasteiger partial charge < -0.3 is 15.0 Å². The molecule has 4 nitrogen and oxygen atoms in total. The number of anilines is 2. The average molecular weight is 505 g/mol. The summed E-state index contributed by atoms with van der Waals surface area (Å²) in [5.74, 6) is 2.01. The van der Waals surface area contributed by atoms with Crippen LogP contribution in [0.1, 0.15) is 6.42 Å². The second-order valence-electron chi connectivity index (χ2n) is 7.51. The lowest BCUT2D eigenvalue weighted by atomic mass is 10.1. The monoisotopic (exact) mass is 503 g/mol. The molecule has 0 saturated carbocycles. The SMILES string of the molecule is Cl.ClCCN(CCCl)c1ccc(OCCCNc2c3ccccc3nc3ccccc23)cc1. The molecule has 4 rings (SSSR count). The summed E-state index contributed by atoms with van der Waals surface area (Å²) >= 11 is 11.8. The number of alkyl halides is 2. The summed E-state index contributed by atoms with van der Waals surface area (Å²) in [6, 6.07) is 24.6. The molecule has 33 heavy (non-hydrogen) atoms. The van der Waals surface area contributed by atoms with Crippen LogP contribution in [0.25, 0.3) is 21.8 Å². The Morgan fingerprint density at radius 2 is 1.36 bits per heavy atom. The van der Waals surface area contributed by atoms with E-state index in [1.54, 1.807) is 0 Å². The number of hydrogen-bond donors (Lipinski definition) is 1. The number of ether oxygens (including phenoxy) is 1. The van der Waals surface area contributed by atoms with Crippen molar-refractivity contribution in [3.8, 4) is 5.75 Å². The van der Waals surface area contributed by atoms with Crippen molar-refractivity contribution in [1.82, 2.24) is 4.98 Å². The third-order valence-electron chi connectivity index (χ3n) is 5.39. The van der Waals surface area contributed by atoms with Gasteiger partial charge in [0.15, 0.2) is 0 Å². The standard InChI is InChI=1S/C26H27Cl2N3O.ClH/c27-14-17-31(18-15-28)20-10-12-21(13-11-20)32-19-5-16-29-26-22-6-1-3-8-24(22)30-25-9-4-2-7-23(25)26;/h1-4,6-13H,5,14-19H2,(H,29,30);1H. The van der Waals surface area contributed by atoms with Crippen molar-refractivity contribution < 1.29 is 4.74 Å². The van der Waals surface area contributed by atoms with Crippen LogP contribution in [-0.4, -0.2) is 43.0 Å². The Morgan fingerprint density at radius 1 is 0.788 bits per heavy atom. The summed E-state index contributed by atoms with van der Waals surface area (Å²) in [5.41, 5.74) is 4.25. The fourth-order valence-electron chi connectivity index (χ4n) is 3.83. The van der Waals surface area contributed by atoms with E-state index in [0.717, 1.165) is 65.0 Å². The van der Waals surface area contributed by atoms with Gasteiger partial charge in [-0.05, 0) is 42.8 Å². The van der Waals surface area contributed by atoms with Crippen LogP contribution >= 0.6 is 35.6 Å². The highest BCUT2D eigenvalue weighted by atomic mass is 35.5. The molecule has 0 aliphatic carbocycles. The quantitative estimate of drug-likeness (QED) is 0.136. The van der Waals surface area contributed by atoms with Gasteiger partial charge in [-0.25, -0.2) is 4.98 Å². The van der Waals surface area contributed by atoms with Crippen LogP contribution in [0.15, 0.2) is 72.8 Å². The van der Waals surface area contributed by atoms with Crippen molar-refractivity contribution in [2.24, 2.45) is 0 Å². The lowest BCUT2D eigenvalue weighted by molar-refractivity contribution is 0.315. The Morgan fingerprint density at radius 3 is 1.94 bits per heavy atom. The van der Waals surface area contributed by atoms with E-state index in [1.165, 1.54) is 0 Å². The van der Waals surface area contributed by atoms with E-state index >= 15 is 0 Å². The van der Waals surface area contributed by atoms with E-state index in [4.69, 9.17) is 32.9 Å². The molecule has 174 valence electrons. The Kier molecular flexibility index (Phi) is 9.74. The zero-order chi connectivity index (χ0) is 22.2. The number of nitrogens with one attached hydrogen (secondary N) is 1. The maximum absolute atomic E-state index is 5.95. The Labute approximate surface area is 211 Å². The molecule has 3 aromatic carbocycles. The van der Waals surface area contributed by atoms with Crippen LogP contribution in [0, 0.1) is 0 Å². The maximum Gasteiger partial charge on any atom is 0.119 e. The first kappa shape index (κ1) is 25.2. The smallest absolute Gasteiger partial charge is 0.119 e. The number of aromatic nitrogens is 1. The summed E-state index contributed by atoms with van der Waals surface area (Å²) < 4.78 is 5.95. The highest BCUT2D eigenvalue weighted by Crippen LogP contribution is 2.30. The van der Waals surface area contributed by atoms with Crippen molar-refractivity contribution in [3.63, 3.8) is 0 Å². The van der Waals surface area contributed by atoms with E-state index in [0.29, 0.717) is 18.4 Å². The largest absolute Gasteiger partial charge is 0.494 e. The van der Waals surface area contributed by atoms with E-state index in [2.05, 4.69) is 58.7 Å². The number of fused-ring (bicyclic) bond motifs is 2. The molecule has 0 bridgehead atoms. The van der Waals surface area contributed by atoms with Crippen LogP contribution < -0.4 is 15.0 Å². The normalized spacial score (nSPS) is 10.7. The van der Waals surface area contributed by atoms with Gasteiger partial charge in [-0.15, -0.1) is 35.6 Å². The van der Waals surface area contributed by atoms with Crippen molar-refractivity contribution in [3.05, 3.63) is 72.8 Å². The average Bonchev–Trinajstić information content (AvgIpc) is 2.83. The van der Waals surface area contributed by atoms with Gasteiger partial charge in [-0.1, -0.05) is 36.4 Å². The molecule has 0 fully saturated rings. The molecule has 7 heteroatoms. The van der Waals surface area contributed by atoms with Gasteiger partial charge >= 0.3 is 0 Å². The minimum Gasteiger partial charge on any atom is -0.494 e. The zero-order valence-corrected chi connectivity index (χ0v) is 20.7. The molecule has 1 N–H and O–H groups in total. The molecule has 1 aromatic heterocycles. The number of nitrogens with zero attached hydrogens (tertiary/aromatic N) is 2. The van der Waals surface area contributed by atoms with E-state index in [-0.39, 0.29) is 12.4 Å². The van der Waals surface area contributed by atoms with Crippen LogP contribution in [-0.2, 0) is 0 Å². The molecule has 0 spiro atoms. The first-order valence-corrected chi connectivity index (χ1v) is 12.0. The van der Waals surface area contributed by atoms with Crippen molar-refractivity contribution in [2.75, 3.05) is 48.2 Å². The minimum absolute atomic E-state index is 0. The molecule has 0 radical (unpaired) electrons. The van der Waals surface area contributed by atoms with Gasteiger partial charge in [-0.2, -0.15) is 0 Å². The lowest BCUT2D eigenvalue weighted by Crippen LogP contribution is -2.27. The highest BCUT2D eigenvalue weighted by Gasteiger charge is 2.08. The number of hydrogen-bond acceptors (Lipinski definition) is 4. The van der Waals surface area contributed by atoms with Gasteiger partial charge in [0.1, 0.15) is 5.75 Å². The molecule has 0 saturated heterocycles. The lowest BCUT2D eigenvalue weighted by Gasteiger charge is -2.23. The first-order chi connectivity index (χ1) is 15.8. The molecule has 0 atom stereocenters. The summed E-state index contributed by atoms with van der Waals surface area (Å²) in [6.07, 6.45) is 0.886. The molecule has 0 aliphatic rings. The third-order valence-corrected chi connectivity index (χ3v) is 5.73. The Bertz CT molecular complexity index is 1090. The van der Waals surface area contributed by atoms with Crippen molar-refractivity contribution in [2.45, 2.75) is 6.42 Å². The summed E-state index contributed by atoms with van der Waals surface area (Å²) in [5, 5.41) is 5.90. The Hall–Kier alpha value is -2.40. The summed E-state index contributed by atoms with van der Waals surface area (Å²) in [4.78, 5) is 6.96. The highest BCUT2D eigenvalue weighted by molar-refractivity contribution is 6.18. The van der Waals surface area contributed by atoms with E-state index < -0.39 is 0 Å².